The third-order valence-electron chi connectivity index (χ3n) is 1.82. The number of rotatable bonds is 2. The van der Waals surface area contributed by atoms with Gasteiger partial charge >= 0.3 is 0 Å². The molecule has 4 N–H and O–H groups in total. The van der Waals surface area contributed by atoms with E-state index >= 15 is 0 Å². The van der Waals surface area contributed by atoms with Gasteiger partial charge < -0.3 is 10.6 Å². The van der Waals surface area contributed by atoms with E-state index in [4.69, 9.17) is 16.5 Å². The van der Waals surface area contributed by atoms with Gasteiger partial charge in [-0.15, -0.1) is 0 Å². The van der Waals surface area contributed by atoms with Crippen LogP contribution >= 0.6 is 0 Å². The molecule has 0 bridgehead atoms. The molecule has 0 amide bonds. The van der Waals surface area contributed by atoms with E-state index in [0.717, 1.165) is 5.56 Å². The summed E-state index contributed by atoms with van der Waals surface area (Å²) in [5.74, 6) is 6.07. The third kappa shape index (κ3) is 1.51. The van der Waals surface area contributed by atoms with Crippen LogP contribution in [0.3, 0.4) is 0 Å². The monoisotopic (exact) mass is 166 g/mol. The predicted octanol–water partition coefficient (Wildman–Crippen LogP) is 1.64. The lowest BCUT2D eigenvalue weighted by molar-refractivity contribution is 0.331. The molecule has 1 rings (SSSR count). The van der Waals surface area contributed by atoms with Gasteiger partial charge in [0.2, 0.25) is 0 Å². The number of hydrogen-bond acceptors (Lipinski definition) is 3. The van der Waals surface area contributed by atoms with Crippen molar-refractivity contribution in [2.24, 2.45) is 5.90 Å². The predicted molar refractivity (Wildman–Crippen MR) is 49.8 cm³/mol. The molecule has 12 heavy (non-hydrogen) atoms. The molecule has 0 atom stereocenters. The fourth-order valence-electron chi connectivity index (χ4n) is 1.16. The second kappa shape index (κ2) is 3.45. The maximum atomic E-state index is 5.66. The third-order valence-corrected chi connectivity index (χ3v) is 1.82. The fourth-order valence-corrected chi connectivity index (χ4v) is 1.16. The highest BCUT2D eigenvalue weighted by Crippen LogP contribution is 2.30. The standard InChI is InChI=1S/C9H14N2O/c1-6(2)7-4-3-5-8(10)9(7)12-11/h3-6H,10-11H2,1-2H3. The fraction of sp³-hybridized carbons (Fsp3) is 0.333. The Kier molecular flexibility index (Phi) is 2.55. The van der Waals surface area contributed by atoms with Crippen molar-refractivity contribution in [3.63, 3.8) is 0 Å². The van der Waals surface area contributed by atoms with Gasteiger partial charge in [0.05, 0.1) is 5.69 Å². The Balaban J connectivity index is 3.18. The topological polar surface area (TPSA) is 61.3 Å². The van der Waals surface area contributed by atoms with Gasteiger partial charge in [0.25, 0.3) is 0 Å². The van der Waals surface area contributed by atoms with E-state index in [9.17, 15) is 0 Å². The summed E-state index contributed by atoms with van der Waals surface area (Å²) in [7, 11) is 0. The summed E-state index contributed by atoms with van der Waals surface area (Å²) in [6, 6.07) is 5.63. The van der Waals surface area contributed by atoms with Crippen LogP contribution in [0.2, 0.25) is 0 Å². The minimum atomic E-state index is 0.368. The largest absolute Gasteiger partial charge is 0.409 e. The van der Waals surface area contributed by atoms with Crippen molar-refractivity contribution in [3.8, 4) is 5.75 Å². The first kappa shape index (κ1) is 8.87. The molecule has 3 heteroatoms. The summed E-state index contributed by atoms with van der Waals surface area (Å²) in [6.07, 6.45) is 0. The van der Waals surface area contributed by atoms with Gasteiger partial charge in [-0.1, -0.05) is 26.0 Å². The normalized spacial score (nSPS) is 10.3. The van der Waals surface area contributed by atoms with Crippen molar-refractivity contribution in [1.82, 2.24) is 0 Å². The number of nitrogen functional groups attached to an aromatic ring is 1. The highest BCUT2D eigenvalue weighted by molar-refractivity contribution is 5.57. The molecule has 0 aliphatic carbocycles. The molecule has 0 unspecified atom stereocenters. The van der Waals surface area contributed by atoms with E-state index in [1.165, 1.54) is 0 Å². The Morgan fingerprint density at radius 2 is 2.00 bits per heavy atom. The first-order valence-electron chi connectivity index (χ1n) is 3.92. The summed E-state index contributed by atoms with van der Waals surface area (Å²) >= 11 is 0. The average molecular weight is 166 g/mol. The lowest BCUT2D eigenvalue weighted by Gasteiger charge is -2.12. The van der Waals surface area contributed by atoms with E-state index in [2.05, 4.69) is 13.8 Å². The van der Waals surface area contributed by atoms with E-state index in [-0.39, 0.29) is 0 Å². The van der Waals surface area contributed by atoms with Crippen molar-refractivity contribution >= 4 is 5.69 Å². The number of hydrogen-bond donors (Lipinski definition) is 2. The minimum Gasteiger partial charge on any atom is -0.409 e. The SMILES string of the molecule is CC(C)c1cccc(N)c1ON. The van der Waals surface area contributed by atoms with Crippen molar-refractivity contribution < 1.29 is 4.84 Å². The number of benzene rings is 1. The molecule has 0 saturated heterocycles. The molecule has 0 aliphatic heterocycles. The molecule has 1 aromatic carbocycles. The highest BCUT2D eigenvalue weighted by atomic mass is 16.6. The van der Waals surface area contributed by atoms with Crippen molar-refractivity contribution in [1.29, 1.82) is 0 Å². The number of para-hydroxylation sites is 1. The first-order chi connectivity index (χ1) is 5.66. The molecular formula is C9H14N2O. The van der Waals surface area contributed by atoms with Gasteiger partial charge in [-0.3, -0.25) is 0 Å². The zero-order valence-corrected chi connectivity index (χ0v) is 7.37. The summed E-state index contributed by atoms with van der Waals surface area (Å²) in [5.41, 5.74) is 7.29. The second-order valence-electron chi connectivity index (χ2n) is 3.04. The Labute approximate surface area is 72.3 Å². The molecule has 0 radical (unpaired) electrons. The van der Waals surface area contributed by atoms with Gasteiger partial charge in [0.15, 0.2) is 5.75 Å². The van der Waals surface area contributed by atoms with Crippen molar-refractivity contribution in [3.05, 3.63) is 23.8 Å². The Bertz CT molecular complexity index is 271. The van der Waals surface area contributed by atoms with Crippen molar-refractivity contribution in [2.75, 3.05) is 5.73 Å². The number of nitrogens with two attached hydrogens (primary N) is 2. The quantitative estimate of drug-likeness (QED) is 0.518. The highest BCUT2D eigenvalue weighted by Gasteiger charge is 2.09. The van der Waals surface area contributed by atoms with Gasteiger partial charge in [0, 0.05) is 5.56 Å². The maximum absolute atomic E-state index is 5.66. The lowest BCUT2D eigenvalue weighted by atomic mass is 10.0. The zero-order valence-electron chi connectivity index (χ0n) is 7.37. The Morgan fingerprint density at radius 3 is 2.42 bits per heavy atom. The Morgan fingerprint density at radius 1 is 1.33 bits per heavy atom. The molecule has 0 aliphatic rings. The smallest absolute Gasteiger partial charge is 0.173 e. The van der Waals surface area contributed by atoms with Gasteiger partial charge in [-0.2, -0.15) is 5.90 Å². The molecule has 1 aromatic rings. The van der Waals surface area contributed by atoms with Crippen LogP contribution in [0.1, 0.15) is 25.3 Å². The van der Waals surface area contributed by atoms with E-state index in [1.807, 2.05) is 12.1 Å². The first-order valence-corrected chi connectivity index (χ1v) is 3.92. The van der Waals surface area contributed by atoms with Crippen LogP contribution in [-0.4, -0.2) is 0 Å². The Hall–Kier alpha value is -1.22. The average Bonchev–Trinajstić information content (AvgIpc) is 2.03. The van der Waals surface area contributed by atoms with Crippen LogP contribution in [0, 0.1) is 0 Å². The number of anilines is 1. The van der Waals surface area contributed by atoms with E-state index in [0.29, 0.717) is 17.4 Å². The van der Waals surface area contributed by atoms with Crippen LogP contribution in [-0.2, 0) is 0 Å². The molecule has 3 nitrogen and oxygen atoms in total. The van der Waals surface area contributed by atoms with Crippen LogP contribution in [0.25, 0.3) is 0 Å². The zero-order chi connectivity index (χ0) is 9.14. The van der Waals surface area contributed by atoms with Gasteiger partial charge in [0.1, 0.15) is 0 Å². The van der Waals surface area contributed by atoms with Gasteiger partial charge in [-0.05, 0) is 12.0 Å². The molecule has 0 heterocycles. The molecule has 66 valence electrons. The van der Waals surface area contributed by atoms with Crippen LogP contribution in [0.4, 0.5) is 5.69 Å². The van der Waals surface area contributed by atoms with Gasteiger partial charge in [-0.25, -0.2) is 0 Å². The minimum absolute atomic E-state index is 0.368. The van der Waals surface area contributed by atoms with Crippen LogP contribution < -0.4 is 16.5 Å². The maximum Gasteiger partial charge on any atom is 0.173 e. The molecule has 0 fully saturated rings. The summed E-state index contributed by atoms with van der Waals surface area (Å²) in [5, 5.41) is 0. The van der Waals surface area contributed by atoms with Crippen molar-refractivity contribution in [2.45, 2.75) is 19.8 Å². The van der Waals surface area contributed by atoms with Crippen LogP contribution in [0.5, 0.6) is 5.75 Å². The second-order valence-corrected chi connectivity index (χ2v) is 3.04. The molecule has 0 spiro atoms. The molecular weight excluding hydrogens is 152 g/mol. The van der Waals surface area contributed by atoms with E-state index < -0.39 is 0 Å². The summed E-state index contributed by atoms with van der Waals surface area (Å²) in [4.78, 5) is 4.71. The van der Waals surface area contributed by atoms with E-state index in [1.54, 1.807) is 6.07 Å². The summed E-state index contributed by atoms with van der Waals surface area (Å²) < 4.78 is 0. The molecule has 0 aromatic heterocycles. The lowest BCUT2D eigenvalue weighted by Crippen LogP contribution is -2.07. The van der Waals surface area contributed by atoms with Crippen LogP contribution in [0.15, 0.2) is 18.2 Å². The molecule has 0 saturated carbocycles. The summed E-state index contributed by atoms with van der Waals surface area (Å²) in [6.45, 7) is 4.13.